The molecule has 0 aliphatic carbocycles. The zero-order valence-electron chi connectivity index (χ0n) is 11.4. The maximum Gasteiger partial charge on any atom is 0.226 e. The second-order valence-electron chi connectivity index (χ2n) is 4.28. The van der Waals surface area contributed by atoms with Crippen molar-refractivity contribution >= 4 is 15.8 Å². The molecule has 0 atom stereocenters. The molecule has 1 aromatic heterocycles. The molecule has 0 saturated carbocycles. The second-order valence-corrected chi connectivity index (χ2v) is 6.29. The van der Waals surface area contributed by atoms with Gasteiger partial charge in [-0.3, -0.25) is 0 Å². The van der Waals surface area contributed by atoms with Gasteiger partial charge in [0.05, 0.1) is 4.90 Å². The first kappa shape index (κ1) is 14.3. The third kappa shape index (κ3) is 3.24. The summed E-state index contributed by atoms with van der Waals surface area (Å²) in [5.41, 5.74) is 0.788. The van der Waals surface area contributed by atoms with E-state index in [1.54, 1.807) is 25.4 Å². The topological polar surface area (TPSA) is 81.2 Å². The summed E-state index contributed by atoms with van der Waals surface area (Å²) in [4.78, 5) is 8.51. The maximum absolute atomic E-state index is 11.4. The van der Waals surface area contributed by atoms with Gasteiger partial charge >= 0.3 is 0 Å². The molecule has 2 aromatic rings. The quantitative estimate of drug-likeness (QED) is 0.929. The Kier molecular flexibility index (Phi) is 3.89. The number of sulfone groups is 1. The van der Waals surface area contributed by atoms with Crippen molar-refractivity contribution in [3.63, 3.8) is 0 Å². The molecule has 0 saturated heterocycles. The third-order valence-electron chi connectivity index (χ3n) is 2.62. The zero-order valence-corrected chi connectivity index (χ0v) is 12.2. The van der Waals surface area contributed by atoms with Crippen molar-refractivity contribution in [2.75, 3.05) is 18.6 Å². The summed E-state index contributed by atoms with van der Waals surface area (Å²) in [7, 11) is -1.48. The fourth-order valence-corrected chi connectivity index (χ4v) is 2.15. The van der Waals surface area contributed by atoms with Gasteiger partial charge in [-0.15, -0.1) is 0 Å². The average molecular weight is 293 g/mol. The highest BCUT2D eigenvalue weighted by Crippen LogP contribution is 2.24. The van der Waals surface area contributed by atoms with Crippen LogP contribution in [0.15, 0.2) is 35.4 Å². The lowest BCUT2D eigenvalue weighted by Crippen LogP contribution is -2.00. The van der Waals surface area contributed by atoms with Crippen molar-refractivity contribution in [3.8, 4) is 11.6 Å². The lowest BCUT2D eigenvalue weighted by Gasteiger charge is -2.09. The van der Waals surface area contributed by atoms with Crippen molar-refractivity contribution in [2.24, 2.45) is 0 Å². The van der Waals surface area contributed by atoms with E-state index in [0.717, 1.165) is 11.8 Å². The number of benzene rings is 1. The van der Waals surface area contributed by atoms with Gasteiger partial charge in [-0.25, -0.2) is 13.4 Å². The van der Waals surface area contributed by atoms with Crippen LogP contribution in [0, 0.1) is 6.92 Å². The fourth-order valence-electron chi connectivity index (χ4n) is 1.52. The van der Waals surface area contributed by atoms with Crippen molar-refractivity contribution in [2.45, 2.75) is 11.8 Å². The van der Waals surface area contributed by atoms with Gasteiger partial charge in [0.15, 0.2) is 9.84 Å². The molecule has 0 aliphatic heterocycles. The van der Waals surface area contributed by atoms with Gasteiger partial charge in [0.1, 0.15) is 5.75 Å². The van der Waals surface area contributed by atoms with Crippen molar-refractivity contribution < 1.29 is 13.2 Å². The summed E-state index contributed by atoms with van der Waals surface area (Å²) >= 11 is 0. The van der Waals surface area contributed by atoms with E-state index >= 15 is 0 Å². The van der Waals surface area contributed by atoms with Crippen LogP contribution in [0.3, 0.4) is 0 Å². The number of nitrogens with zero attached hydrogens (tertiary/aromatic N) is 2. The van der Waals surface area contributed by atoms with E-state index in [1.165, 1.54) is 12.1 Å². The standard InChI is InChI=1S/C13H15N3O3S/c1-9-8-15-13(14-2)16-12(9)19-10-4-6-11(7-5-10)20(3,17)18/h4-8H,1-3H3,(H,14,15,16). The molecule has 20 heavy (non-hydrogen) atoms. The van der Waals surface area contributed by atoms with E-state index in [0.29, 0.717) is 17.6 Å². The van der Waals surface area contributed by atoms with Crippen molar-refractivity contribution in [1.82, 2.24) is 9.97 Å². The highest BCUT2D eigenvalue weighted by Gasteiger charge is 2.09. The number of rotatable bonds is 4. The first-order valence-corrected chi connectivity index (χ1v) is 7.78. The Morgan fingerprint density at radius 3 is 2.40 bits per heavy atom. The van der Waals surface area contributed by atoms with Crippen LogP contribution < -0.4 is 10.1 Å². The highest BCUT2D eigenvalue weighted by molar-refractivity contribution is 7.90. The van der Waals surface area contributed by atoms with Crippen molar-refractivity contribution in [3.05, 3.63) is 36.0 Å². The minimum atomic E-state index is -3.20. The lowest BCUT2D eigenvalue weighted by molar-refractivity contribution is 0.458. The van der Waals surface area contributed by atoms with Crippen LogP contribution in [0.4, 0.5) is 5.95 Å². The summed E-state index contributed by atoms with van der Waals surface area (Å²) in [6.07, 6.45) is 2.82. The monoisotopic (exact) mass is 293 g/mol. The molecule has 0 bridgehead atoms. The van der Waals surface area contributed by atoms with Gasteiger partial charge in [0, 0.05) is 25.1 Å². The van der Waals surface area contributed by atoms with Crippen molar-refractivity contribution in [1.29, 1.82) is 0 Å². The number of aryl methyl sites for hydroxylation is 1. The molecule has 1 heterocycles. The van der Waals surface area contributed by atoms with Gasteiger partial charge in [0.2, 0.25) is 11.8 Å². The molecule has 1 aromatic carbocycles. The van der Waals surface area contributed by atoms with Gasteiger partial charge < -0.3 is 10.1 Å². The normalized spacial score (nSPS) is 11.2. The van der Waals surface area contributed by atoms with Gasteiger partial charge in [-0.1, -0.05) is 0 Å². The molecule has 0 aliphatic rings. The van der Waals surface area contributed by atoms with Crippen LogP contribution in [0.25, 0.3) is 0 Å². The minimum absolute atomic E-state index is 0.250. The van der Waals surface area contributed by atoms with Crippen LogP contribution >= 0.6 is 0 Å². The lowest BCUT2D eigenvalue weighted by atomic mass is 10.3. The fraction of sp³-hybridized carbons (Fsp3) is 0.231. The molecule has 106 valence electrons. The molecule has 6 nitrogen and oxygen atoms in total. The molecule has 2 rings (SSSR count). The molecule has 0 spiro atoms. The molecule has 0 amide bonds. The molecule has 7 heteroatoms. The number of anilines is 1. The summed E-state index contributed by atoms with van der Waals surface area (Å²) in [6.45, 7) is 1.83. The largest absolute Gasteiger partial charge is 0.439 e. The Balaban J connectivity index is 2.26. The molecule has 0 fully saturated rings. The maximum atomic E-state index is 11.4. The highest BCUT2D eigenvalue weighted by atomic mass is 32.2. The van der Waals surface area contributed by atoms with Crippen LogP contribution in [0.1, 0.15) is 5.56 Å². The number of ether oxygens (including phenoxy) is 1. The van der Waals surface area contributed by atoms with E-state index in [9.17, 15) is 8.42 Å². The van der Waals surface area contributed by atoms with E-state index < -0.39 is 9.84 Å². The van der Waals surface area contributed by atoms with E-state index in [-0.39, 0.29) is 4.90 Å². The number of nitrogens with one attached hydrogen (secondary N) is 1. The SMILES string of the molecule is CNc1ncc(C)c(Oc2ccc(S(C)(=O)=O)cc2)n1. The van der Waals surface area contributed by atoms with Crippen LogP contribution in [-0.2, 0) is 9.84 Å². The first-order chi connectivity index (χ1) is 9.40. The Morgan fingerprint density at radius 1 is 1.20 bits per heavy atom. The number of aromatic nitrogens is 2. The second kappa shape index (κ2) is 5.46. The average Bonchev–Trinajstić information content (AvgIpc) is 2.41. The number of hydrogen-bond acceptors (Lipinski definition) is 6. The molecular weight excluding hydrogens is 278 g/mol. The van der Waals surface area contributed by atoms with Gasteiger partial charge in [-0.2, -0.15) is 4.98 Å². The van der Waals surface area contributed by atoms with Crippen LogP contribution in [0.2, 0.25) is 0 Å². The first-order valence-electron chi connectivity index (χ1n) is 5.89. The number of hydrogen-bond donors (Lipinski definition) is 1. The predicted molar refractivity (Wildman–Crippen MR) is 75.9 cm³/mol. The molecular formula is C13H15N3O3S. The third-order valence-corrected chi connectivity index (χ3v) is 3.74. The predicted octanol–water partition coefficient (Wildman–Crippen LogP) is 2.02. The molecule has 0 unspecified atom stereocenters. The zero-order chi connectivity index (χ0) is 14.8. The Hall–Kier alpha value is -2.15. The van der Waals surface area contributed by atoms with E-state index in [1.807, 2.05) is 6.92 Å². The molecule has 0 radical (unpaired) electrons. The van der Waals surface area contributed by atoms with Crippen LogP contribution in [0.5, 0.6) is 11.6 Å². The molecule has 1 N–H and O–H groups in total. The summed E-state index contributed by atoms with van der Waals surface area (Å²) < 4.78 is 28.4. The van der Waals surface area contributed by atoms with E-state index in [4.69, 9.17) is 4.74 Å². The van der Waals surface area contributed by atoms with E-state index in [2.05, 4.69) is 15.3 Å². The Bertz CT molecular complexity index is 712. The summed E-state index contributed by atoms with van der Waals surface area (Å²) in [5.74, 6) is 1.40. The minimum Gasteiger partial charge on any atom is -0.439 e. The van der Waals surface area contributed by atoms with Gasteiger partial charge in [0.25, 0.3) is 0 Å². The van der Waals surface area contributed by atoms with Gasteiger partial charge in [-0.05, 0) is 31.2 Å². The summed E-state index contributed by atoms with van der Waals surface area (Å²) in [6, 6.07) is 6.19. The summed E-state index contributed by atoms with van der Waals surface area (Å²) in [5, 5.41) is 2.83. The van der Waals surface area contributed by atoms with Crippen LogP contribution in [-0.4, -0.2) is 31.7 Å². The smallest absolute Gasteiger partial charge is 0.226 e. The Morgan fingerprint density at radius 2 is 1.85 bits per heavy atom. The Labute approximate surface area is 117 Å².